The summed E-state index contributed by atoms with van der Waals surface area (Å²) in [6.45, 7) is 0.0494. The minimum atomic E-state index is -3.95. The number of hydrogen-bond acceptors (Lipinski definition) is 4. The molecular formula is C13H11BrN2O4S. The average Bonchev–Trinajstić information content (AvgIpc) is 2.45. The smallest absolute Gasteiger partial charge is 0.258 e. The lowest BCUT2D eigenvalue weighted by molar-refractivity contribution is -0.387. The molecule has 0 unspecified atom stereocenters. The van der Waals surface area contributed by atoms with Gasteiger partial charge < -0.3 is 0 Å². The number of hydrogen-bond donors (Lipinski definition) is 1. The molecule has 0 amide bonds. The van der Waals surface area contributed by atoms with Crippen molar-refractivity contribution in [3.8, 4) is 0 Å². The first-order chi connectivity index (χ1) is 9.90. The molecule has 6 nitrogen and oxygen atoms in total. The molecule has 0 heterocycles. The normalized spacial score (nSPS) is 11.3. The number of para-hydroxylation sites is 1. The fourth-order valence-corrected chi connectivity index (χ4v) is 3.37. The van der Waals surface area contributed by atoms with E-state index in [1.54, 1.807) is 18.2 Å². The molecule has 0 bridgehead atoms. The molecule has 0 aromatic heterocycles. The molecule has 0 saturated heterocycles. The Bertz CT molecular complexity index is 777. The van der Waals surface area contributed by atoms with E-state index in [0.717, 1.165) is 16.1 Å². The summed E-state index contributed by atoms with van der Waals surface area (Å²) >= 11 is 3.29. The highest BCUT2D eigenvalue weighted by Crippen LogP contribution is 2.23. The van der Waals surface area contributed by atoms with E-state index >= 15 is 0 Å². The highest BCUT2D eigenvalue weighted by molar-refractivity contribution is 9.10. The Hall–Kier alpha value is -1.77. The first kappa shape index (κ1) is 15.6. The zero-order valence-corrected chi connectivity index (χ0v) is 13.1. The predicted octanol–water partition coefficient (Wildman–Crippen LogP) is 2.84. The lowest BCUT2D eigenvalue weighted by Crippen LogP contribution is -2.24. The minimum absolute atomic E-state index is 0.0494. The summed E-state index contributed by atoms with van der Waals surface area (Å²) < 4.78 is 27.6. The van der Waals surface area contributed by atoms with Gasteiger partial charge in [-0.25, -0.2) is 13.1 Å². The molecule has 0 aliphatic carbocycles. The molecule has 8 heteroatoms. The molecule has 1 N–H and O–H groups in total. The molecule has 2 aromatic rings. The van der Waals surface area contributed by atoms with Gasteiger partial charge in [0.25, 0.3) is 5.69 Å². The number of nitrogens with zero attached hydrogens (tertiary/aromatic N) is 1. The van der Waals surface area contributed by atoms with Gasteiger partial charge in [-0.05, 0) is 23.8 Å². The maximum absolute atomic E-state index is 12.2. The van der Waals surface area contributed by atoms with Crippen LogP contribution in [0, 0.1) is 10.1 Å². The number of benzene rings is 2. The third-order valence-electron chi connectivity index (χ3n) is 2.71. The molecule has 2 aromatic carbocycles. The van der Waals surface area contributed by atoms with E-state index in [0.29, 0.717) is 0 Å². The van der Waals surface area contributed by atoms with Gasteiger partial charge >= 0.3 is 0 Å². The number of nitro groups is 1. The van der Waals surface area contributed by atoms with Crippen molar-refractivity contribution in [1.82, 2.24) is 4.72 Å². The molecule has 0 saturated carbocycles. The molecule has 21 heavy (non-hydrogen) atoms. The van der Waals surface area contributed by atoms with Gasteiger partial charge in [-0.1, -0.05) is 40.2 Å². The maximum atomic E-state index is 12.2. The summed E-state index contributed by atoms with van der Waals surface area (Å²) in [6, 6.07) is 12.4. The van der Waals surface area contributed by atoms with Crippen LogP contribution in [-0.2, 0) is 16.6 Å². The molecule has 0 atom stereocenters. The van der Waals surface area contributed by atoms with Crippen molar-refractivity contribution < 1.29 is 13.3 Å². The SMILES string of the molecule is O=[N+]([O-])c1ccccc1S(=O)(=O)NCc1cccc(Br)c1. The van der Waals surface area contributed by atoms with Crippen LogP contribution in [-0.4, -0.2) is 13.3 Å². The first-order valence-corrected chi connectivity index (χ1v) is 8.15. The largest absolute Gasteiger partial charge is 0.289 e. The van der Waals surface area contributed by atoms with Gasteiger partial charge in [0.2, 0.25) is 10.0 Å². The number of rotatable bonds is 5. The number of halogens is 1. The van der Waals surface area contributed by atoms with Crippen molar-refractivity contribution in [1.29, 1.82) is 0 Å². The van der Waals surface area contributed by atoms with Crippen LogP contribution in [0.1, 0.15) is 5.56 Å². The van der Waals surface area contributed by atoms with E-state index in [4.69, 9.17) is 0 Å². The van der Waals surface area contributed by atoms with Gasteiger partial charge in [-0.2, -0.15) is 0 Å². The van der Waals surface area contributed by atoms with Crippen molar-refractivity contribution in [3.63, 3.8) is 0 Å². The Morgan fingerprint density at radius 2 is 1.86 bits per heavy atom. The fraction of sp³-hybridized carbons (Fsp3) is 0.0769. The van der Waals surface area contributed by atoms with E-state index < -0.39 is 20.6 Å². The maximum Gasteiger partial charge on any atom is 0.289 e. The summed E-state index contributed by atoms with van der Waals surface area (Å²) in [4.78, 5) is 9.84. The molecule has 0 aliphatic heterocycles. The van der Waals surface area contributed by atoms with Gasteiger partial charge in [-0.15, -0.1) is 0 Å². The quantitative estimate of drug-likeness (QED) is 0.647. The third-order valence-corrected chi connectivity index (χ3v) is 4.65. The lowest BCUT2D eigenvalue weighted by atomic mass is 10.2. The molecule has 0 radical (unpaired) electrons. The van der Waals surface area contributed by atoms with Crippen LogP contribution in [0.15, 0.2) is 57.9 Å². The first-order valence-electron chi connectivity index (χ1n) is 5.88. The highest BCUT2D eigenvalue weighted by Gasteiger charge is 2.24. The molecule has 0 fully saturated rings. The standard InChI is InChI=1S/C13H11BrN2O4S/c14-11-5-3-4-10(8-11)9-15-21(19,20)13-7-2-1-6-12(13)16(17)18/h1-8,15H,9H2. The Labute approximate surface area is 130 Å². The average molecular weight is 371 g/mol. The van der Waals surface area contributed by atoms with E-state index in [2.05, 4.69) is 20.7 Å². The summed E-state index contributed by atoms with van der Waals surface area (Å²) in [6.07, 6.45) is 0. The third kappa shape index (κ3) is 3.87. The van der Waals surface area contributed by atoms with Crippen molar-refractivity contribution in [3.05, 3.63) is 68.7 Å². The highest BCUT2D eigenvalue weighted by atomic mass is 79.9. The Kier molecular flexibility index (Phi) is 4.71. The summed E-state index contributed by atoms with van der Waals surface area (Å²) in [5.41, 5.74) is 0.297. The van der Waals surface area contributed by atoms with Crippen molar-refractivity contribution in [2.45, 2.75) is 11.4 Å². The fourth-order valence-electron chi connectivity index (χ4n) is 1.74. The Morgan fingerprint density at radius 3 is 2.52 bits per heavy atom. The van der Waals surface area contributed by atoms with Crippen molar-refractivity contribution in [2.75, 3.05) is 0 Å². The zero-order chi connectivity index (χ0) is 15.5. The molecule has 2 rings (SSSR count). The molecular weight excluding hydrogens is 360 g/mol. The van der Waals surface area contributed by atoms with Crippen molar-refractivity contribution in [2.24, 2.45) is 0 Å². The monoisotopic (exact) mass is 370 g/mol. The van der Waals surface area contributed by atoms with Gasteiger partial charge in [0, 0.05) is 17.1 Å². The predicted molar refractivity (Wildman–Crippen MR) is 81.3 cm³/mol. The van der Waals surface area contributed by atoms with E-state index in [1.807, 2.05) is 6.07 Å². The minimum Gasteiger partial charge on any atom is -0.258 e. The topological polar surface area (TPSA) is 89.3 Å². The van der Waals surface area contributed by atoms with E-state index in [-0.39, 0.29) is 11.4 Å². The Balaban J connectivity index is 2.25. The van der Waals surface area contributed by atoms with Crippen LogP contribution in [0.2, 0.25) is 0 Å². The molecule has 0 spiro atoms. The second-order valence-corrected chi connectivity index (χ2v) is 6.83. The van der Waals surface area contributed by atoms with Crippen LogP contribution in [0.4, 0.5) is 5.69 Å². The number of nitrogens with one attached hydrogen (secondary N) is 1. The van der Waals surface area contributed by atoms with Gasteiger partial charge in [0.05, 0.1) is 4.92 Å². The van der Waals surface area contributed by atoms with E-state index in [1.165, 1.54) is 18.2 Å². The second-order valence-electron chi connectivity index (χ2n) is 4.18. The van der Waals surface area contributed by atoms with Gasteiger partial charge in [-0.3, -0.25) is 10.1 Å². The Morgan fingerprint density at radius 1 is 1.14 bits per heavy atom. The van der Waals surface area contributed by atoms with E-state index in [9.17, 15) is 18.5 Å². The zero-order valence-electron chi connectivity index (χ0n) is 10.7. The number of sulfonamides is 1. The van der Waals surface area contributed by atoms with Crippen LogP contribution < -0.4 is 4.72 Å². The van der Waals surface area contributed by atoms with Gasteiger partial charge in [0.15, 0.2) is 4.90 Å². The summed E-state index contributed by atoms with van der Waals surface area (Å²) in [5, 5.41) is 10.9. The van der Waals surface area contributed by atoms with Crippen LogP contribution in [0.25, 0.3) is 0 Å². The second kappa shape index (κ2) is 6.33. The van der Waals surface area contributed by atoms with Crippen LogP contribution in [0.5, 0.6) is 0 Å². The lowest BCUT2D eigenvalue weighted by Gasteiger charge is -2.07. The molecule has 110 valence electrons. The number of nitro benzene ring substituents is 1. The summed E-state index contributed by atoms with van der Waals surface area (Å²) in [5.74, 6) is 0. The molecule has 0 aliphatic rings. The van der Waals surface area contributed by atoms with Crippen LogP contribution >= 0.6 is 15.9 Å². The van der Waals surface area contributed by atoms with Crippen molar-refractivity contribution >= 4 is 31.6 Å². The summed E-state index contributed by atoms with van der Waals surface area (Å²) in [7, 11) is -3.95. The van der Waals surface area contributed by atoms with Crippen LogP contribution in [0.3, 0.4) is 0 Å². The van der Waals surface area contributed by atoms with Gasteiger partial charge in [0.1, 0.15) is 0 Å².